The van der Waals surface area contributed by atoms with Crippen LogP contribution in [0.3, 0.4) is 0 Å². The molecule has 0 N–H and O–H groups in total. The van der Waals surface area contributed by atoms with Crippen LogP contribution >= 0.6 is 0 Å². The molecule has 0 radical (unpaired) electrons. The van der Waals surface area contributed by atoms with Crippen molar-refractivity contribution in [2.75, 3.05) is 0 Å². The lowest BCUT2D eigenvalue weighted by molar-refractivity contribution is 0.336. The van der Waals surface area contributed by atoms with Gasteiger partial charge < -0.3 is 9.30 Å². The van der Waals surface area contributed by atoms with Crippen LogP contribution in [0.15, 0.2) is 152 Å². The standard InChI is InChI=1S/C38H25N3O/c1-3-13-26(14-4-1)38(27-15-5-2-6-16-27)31-24-23-28(25-36(31)42-37-39-32-19-9-12-22-35(32)41(37)38)40-33-20-10-7-17-29(33)30-18-8-11-21-34(30)40/h1-25H. The first kappa shape index (κ1) is 23.1. The molecule has 0 amide bonds. The molecule has 9 rings (SSSR count). The summed E-state index contributed by atoms with van der Waals surface area (Å²) in [4.78, 5) is 5.02. The molecule has 8 aromatic rings. The van der Waals surface area contributed by atoms with Crippen LogP contribution in [0.1, 0.15) is 16.7 Å². The second-order valence-corrected chi connectivity index (χ2v) is 10.8. The van der Waals surface area contributed by atoms with Crippen LogP contribution in [0.4, 0.5) is 0 Å². The minimum atomic E-state index is -0.694. The summed E-state index contributed by atoms with van der Waals surface area (Å²) in [6.45, 7) is 0. The van der Waals surface area contributed by atoms with E-state index in [1.807, 2.05) is 6.07 Å². The molecule has 0 aliphatic carbocycles. The number of fused-ring (bicyclic) bond motifs is 7. The molecule has 198 valence electrons. The van der Waals surface area contributed by atoms with Crippen molar-refractivity contribution in [3.63, 3.8) is 0 Å². The highest BCUT2D eigenvalue weighted by Gasteiger charge is 2.46. The minimum Gasteiger partial charge on any atom is -0.425 e. The molecule has 0 unspecified atom stereocenters. The zero-order chi connectivity index (χ0) is 27.7. The molecule has 0 fully saturated rings. The first-order valence-corrected chi connectivity index (χ1v) is 14.2. The number of benzene rings is 6. The van der Waals surface area contributed by atoms with Gasteiger partial charge in [0.05, 0.1) is 22.1 Å². The number of nitrogens with zero attached hydrogens (tertiary/aromatic N) is 3. The zero-order valence-electron chi connectivity index (χ0n) is 22.7. The fraction of sp³-hybridized carbons (Fsp3) is 0.0263. The normalized spacial score (nSPS) is 13.6. The van der Waals surface area contributed by atoms with E-state index in [0.717, 1.165) is 39.2 Å². The Labute approximate surface area is 242 Å². The van der Waals surface area contributed by atoms with E-state index >= 15 is 0 Å². The molecule has 0 spiro atoms. The minimum absolute atomic E-state index is 0.579. The number of para-hydroxylation sites is 4. The lowest BCUT2D eigenvalue weighted by Gasteiger charge is -2.42. The Morgan fingerprint density at radius 3 is 1.71 bits per heavy atom. The second-order valence-electron chi connectivity index (χ2n) is 10.8. The van der Waals surface area contributed by atoms with E-state index in [1.54, 1.807) is 0 Å². The molecule has 6 aromatic carbocycles. The van der Waals surface area contributed by atoms with E-state index in [-0.39, 0.29) is 0 Å². The quantitative estimate of drug-likeness (QED) is 0.224. The molecule has 1 aliphatic rings. The number of hydrogen-bond acceptors (Lipinski definition) is 2. The molecule has 4 nitrogen and oxygen atoms in total. The third-order valence-corrected chi connectivity index (χ3v) is 8.64. The molecule has 0 saturated heterocycles. The fourth-order valence-corrected chi connectivity index (χ4v) is 6.94. The molecule has 42 heavy (non-hydrogen) atoms. The Bertz CT molecular complexity index is 2190. The maximum Gasteiger partial charge on any atom is 0.304 e. The summed E-state index contributed by atoms with van der Waals surface area (Å²) in [5.41, 5.74) is 7.98. The van der Waals surface area contributed by atoms with Crippen LogP contribution in [0, 0.1) is 0 Å². The van der Waals surface area contributed by atoms with Gasteiger partial charge in [-0.1, -0.05) is 115 Å². The Morgan fingerprint density at radius 2 is 1.07 bits per heavy atom. The van der Waals surface area contributed by atoms with Crippen molar-refractivity contribution in [1.82, 2.24) is 14.1 Å². The summed E-state index contributed by atoms with van der Waals surface area (Å²) >= 11 is 0. The third kappa shape index (κ3) is 3.04. The van der Waals surface area contributed by atoms with Gasteiger partial charge >= 0.3 is 6.01 Å². The number of imidazole rings is 1. The van der Waals surface area contributed by atoms with Gasteiger partial charge in [0, 0.05) is 28.1 Å². The predicted octanol–water partition coefficient (Wildman–Crippen LogP) is 9.08. The Hall–Kier alpha value is -5.61. The molecule has 0 atom stereocenters. The smallest absolute Gasteiger partial charge is 0.304 e. The van der Waals surface area contributed by atoms with Gasteiger partial charge in [0.2, 0.25) is 0 Å². The van der Waals surface area contributed by atoms with Crippen molar-refractivity contribution < 1.29 is 4.74 Å². The van der Waals surface area contributed by atoms with E-state index in [1.165, 1.54) is 21.8 Å². The highest BCUT2D eigenvalue weighted by molar-refractivity contribution is 6.09. The maximum absolute atomic E-state index is 6.76. The van der Waals surface area contributed by atoms with Crippen LogP contribution in [-0.2, 0) is 5.54 Å². The Morgan fingerprint density at radius 1 is 0.524 bits per heavy atom. The number of rotatable bonds is 3. The summed E-state index contributed by atoms with van der Waals surface area (Å²) in [6.07, 6.45) is 0. The summed E-state index contributed by atoms with van der Waals surface area (Å²) in [5, 5.41) is 2.47. The highest BCUT2D eigenvalue weighted by atomic mass is 16.5. The van der Waals surface area contributed by atoms with Crippen LogP contribution in [0.2, 0.25) is 0 Å². The van der Waals surface area contributed by atoms with Gasteiger partial charge in [0.1, 0.15) is 11.3 Å². The summed E-state index contributed by atoms with van der Waals surface area (Å²) in [6, 6.07) is 54.1. The molecule has 0 saturated carbocycles. The molecule has 3 heterocycles. The maximum atomic E-state index is 6.76. The van der Waals surface area contributed by atoms with Crippen molar-refractivity contribution >= 4 is 32.8 Å². The molecular formula is C38H25N3O. The van der Waals surface area contributed by atoms with E-state index < -0.39 is 5.54 Å². The number of ether oxygens (including phenoxy) is 1. The molecule has 2 aromatic heterocycles. The lowest BCUT2D eigenvalue weighted by atomic mass is 9.75. The largest absolute Gasteiger partial charge is 0.425 e. The monoisotopic (exact) mass is 539 g/mol. The van der Waals surface area contributed by atoms with Crippen LogP contribution < -0.4 is 4.74 Å². The molecule has 4 heteroatoms. The average molecular weight is 540 g/mol. The molecular weight excluding hydrogens is 514 g/mol. The second kappa shape index (κ2) is 8.69. The topological polar surface area (TPSA) is 32.0 Å². The van der Waals surface area contributed by atoms with E-state index in [9.17, 15) is 0 Å². The van der Waals surface area contributed by atoms with E-state index in [2.05, 4.69) is 155 Å². The van der Waals surface area contributed by atoms with Gasteiger partial charge in [-0.05, 0) is 41.5 Å². The van der Waals surface area contributed by atoms with Crippen LogP contribution in [0.25, 0.3) is 38.5 Å². The van der Waals surface area contributed by atoms with Gasteiger partial charge in [-0.3, -0.25) is 4.57 Å². The van der Waals surface area contributed by atoms with Crippen molar-refractivity contribution in [2.45, 2.75) is 5.54 Å². The third-order valence-electron chi connectivity index (χ3n) is 8.64. The number of aromatic nitrogens is 3. The van der Waals surface area contributed by atoms with Crippen molar-refractivity contribution in [3.05, 3.63) is 168 Å². The molecule has 0 bridgehead atoms. The van der Waals surface area contributed by atoms with Crippen molar-refractivity contribution in [1.29, 1.82) is 0 Å². The SMILES string of the molecule is c1ccc(C2(c3ccccc3)c3ccc(-n4c5ccccc5c5ccccc54)cc3Oc3nc4ccccc4n32)cc1. The van der Waals surface area contributed by atoms with Gasteiger partial charge in [0.15, 0.2) is 0 Å². The van der Waals surface area contributed by atoms with Crippen molar-refractivity contribution in [3.8, 4) is 17.4 Å². The number of hydrogen-bond donors (Lipinski definition) is 0. The highest BCUT2D eigenvalue weighted by Crippen LogP contribution is 2.52. The van der Waals surface area contributed by atoms with E-state index in [4.69, 9.17) is 9.72 Å². The Kier molecular flexibility index (Phi) is 4.79. The first-order chi connectivity index (χ1) is 20.8. The van der Waals surface area contributed by atoms with Crippen molar-refractivity contribution in [2.24, 2.45) is 0 Å². The summed E-state index contributed by atoms with van der Waals surface area (Å²) in [7, 11) is 0. The fourth-order valence-electron chi connectivity index (χ4n) is 6.94. The van der Waals surface area contributed by atoms with Crippen LogP contribution in [0.5, 0.6) is 11.8 Å². The first-order valence-electron chi connectivity index (χ1n) is 14.2. The van der Waals surface area contributed by atoms with E-state index in [0.29, 0.717) is 6.01 Å². The predicted molar refractivity (Wildman–Crippen MR) is 169 cm³/mol. The average Bonchev–Trinajstić information content (AvgIpc) is 3.60. The molecule has 1 aliphatic heterocycles. The summed E-state index contributed by atoms with van der Waals surface area (Å²) in [5.74, 6) is 0.796. The Balaban J connectivity index is 1.40. The van der Waals surface area contributed by atoms with Gasteiger partial charge in [0.25, 0.3) is 0 Å². The van der Waals surface area contributed by atoms with Gasteiger partial charge in [-0.25, -0.2) is 0 Å². The zero-order valence-corrected chi connectivity index (χ0v) is 22.7. The van der Waals surface area contributed by atoms with Crippen LogP contribution in [-0.4, -0.2) is 14.1 Å². The lowest BCUT2D eigenvalue weighted by Crippen LogP contribution is -2.40. The summed E-state index contributed by atoms with van der Waals surface area (Å²) < 4.78 is 11.4. The van der Waals surface area contributed by atoms with Gasteiger partial charge in [-0.15, -0.1) is 0 Å². The van der Waals surface area contributed by atoms with Gasteiger partial charge in [-0.2, -0.15) is 4.98 Å².